The van der Waals surface area contributed by atoms with Crippen LogP contribution in [0.2, 0.25) is 0 Å². The van der Waals surface area contributed by atoms with E-state index in [1.165, 1.54) is 18.4 Å². The van der Waals surface area contributed by atoms with Crippen LogP contribution in [0.4, 0.5) is 0 Å². The summed E-state index contributed by atoms with van der Waals surface area (Å²) in [5, 5.41) is 49.5. The Bertz CT molecular complexity index is 834. The van der Waals surface area contributed by atoms with Gasteiger partial charge in [-0.2, -0.15) is 5.26 Å². The molecule has 2 fully saturated rings. The van der Waals surface area contributed by atoms with E-state index in [0.717, 1.165) is 11.1 Å². The first-order valence-corrected chi connectivity index (χ1v) is 10.2. The van der Waals surface area contributed by atoms with E-state index in [9.17, 15) is 25.7 Å². The number of benzene rings is 1. The molecule has 0 aromatic heterocycles. The summed E-state index contributed by atoms with van der Waals surface area (Å²) in [7, 11) is 0. The van der Waals surface area contributed by atoms with Gasteiger partial charge in [0.1, 0.15) is 24.4 Å². The Morgan fingerprint density at radius 2 is 1.76 bits per heavy atom. The molecule has 1 saturated heterocycles. The van der Waals surface area contributed by atoms with Crippen molar-refractivity contribution in [1.82, 2.24) is 0 Å². The van der Waals surface area contributed by atoms with Gasteiger partial charge in [0.15, 0.2) is 0 Å². The molecule has 6 heteroatoms. The zero-order chi connectivity index (χ0) is 20.5. The molecule has 6 nitrogen and oxygen atoms in total. The molecule has 1 aromatic carbocycles. The SMILES string of the molecule is N#CC1=CCC([C@@H]2O[C@H](CO)[C@@H](O)[C@H](O)[C@H]2O)C=C1Cc1ccc(C2CC2)cc1. The van der Waals surface area contributed by atoms with Crippen molar-refractivity contribution in [2.45, 2.75) is 62.1 Å². The lowest BCUT2D eigenvalue weighted by atomic mass is 9.80. The number of allylic oxidation sites excluding steroid dienone is 3. The molecule has 4 rings (SSSR count). The fourth-order valence-corrected chi connectivity index (χ4v) is 4.33. The highest BCUT2D eigenvalue weighted by atomic mass is 16.5. The van der Waals surface area contributed by atoms with Crippen LogP contribution in [-0.2, 0) is 11.2 Å². The van der Waals surface area contributed by atoms with Crippen LogP contribution in [-0.4, -0.2) is 57.6 Å². The molecule has 1 unspecified atom stereocenters. The number of hydrogen-bond acceptors (Lipinski definition) is 6. The summed E-state index contributed by atoms with van der Waals surface area (Å²) in [6.07, 6.45) is 1.63. The van der Waals surface area contributed by atoms with Crippen molar-refractivity contribution >= 4 is 0 Å². The van der Waals surface area contributed by atoms with E-state index in [1.54, 1.807) is 0 Å². The molecule has 0 spiro atoms. The van der Waals surface area contributed by atoms with E-state index in [-0.39, 0.29) is 5.92 Å². The molecule has 1 aliphatic heterocycles. The minimum absolute atomic E-state index is 0.265. The average Bonchev–Trinajstić information content (AvgIpc) is 3.58. The summed E-state index contributed by atoms with van der Waals surface area (Å²) < 4.78 is 5.72. The fraction of sp³-hybridized carbons (Fsp3) is 0.522. The van der Waals surface area contributed by atoms with Crippen molar-refractivity contribution in [2.75, 3.05) is 6.61 Å². The number of aliphatic hydroxyl groups is 4. The zero-order valence-corrected chi connectivity index (χ0v) is 16.2. The van der Waals surface area contributed by atoms with E-state index in [4.69, 9.17) is 4.74 Å². The van der Waals surface area contributed by atoms with Gasteiger partial charge in [0, 0.05) is 5.92 Å². The Hall–Kier alpha value is -2.01. The summed E-state index contributed by atoms with van der Waals surface area (Å²) in [6, 6.07) is 10.7. The van der Waals surface area contributed by atoms with E-state index < -0.39 is 37.1 Å². The molecule has 0 amide bonds. The maximum Gasteiger partial charge on any atom is 0.111 e. The normalized spacial score (nSPS) is 34.9. The van der Waals surface area contributed by atoms with Crippen molar-refractivity contribution < 1.29 is 25.2 Å². The molecule has 1 saturated carbocycles. The zero-order valence-electron chi connectivity index (χ0n) is 16.2. The summed E-state index contributed by atoms with van der Waals surface area (Å²) >= 11 is 0. The lowest BCUT2D eigenvalue weighted by molar-refractivity contribution is -0.237. The number of hydrogen-bond donors (Lipinski definition) is 4. The highest BCUT2D eigenvalue weighted by Crippen LogP contribution is 2.40. The Balaban J connectivity index is 1.53. The molecule has 1 heterocycles. The summed E-state index contributed by atoms with van der Waals surface area (Å²) in [5.74, 6) is 0.433. The number of aliphatic hydroxyl groups excluding tert-OH is 4. The Kier molecular flexibility index (Phi) is 5.86. The topological polar surface area (TPSA) is 114 Å². The summed E-state index contributed by atoms with van der Waals surface area (Å²) in [6.45, 7) is -0.447. The predicted molar refractivity (Wildman–Crippen MR) is 106 cm³/mol. The second-order valence-corrected chi connectivity index (χ2v) is 8.31. The Morgan fingerprint density at radius 1 is 1.03 bits per heavy atom. The third-order valence-electron chi connectivity index (χ3n) is 6.25. The number of nitrogens with zero attached hydrogens (tertiary/aromatic N) is 1. The van der Waals surface area contributed by atoms with Crippen molar-refractivity contribution in [3.8, 4) is 6.07 Å². The van der Waals surface area contributed by atoms with Gasteiger partial charge < -0.3 is 25.2 Å². The van der Waals surface area contributed by atoms with E-state index >= 15 is 0 Å². The predicted octanol–water partition coefficient (Wildman–Crippen LogP) is 1.35. The molecule has 1 aromatic rings. The molecule has 0 bridgehead atoms. The van der Waals surface area contributed by atoms with Gasteiger partial charge in [-0.1, -0.05) is 36.4 Å². The third-order valence-corrected chi connectivity index (χ3v) is 6.25. The Morgan fingerprint density at radius 3 is 2.38 bits per heavy atom. The first-order valence-electron chi connectivity index (χ1n) is 10.2. The third kappa shape index (κ3) is 4.16. The summed E-state index contributed by atoms with van der Waals surface area (Å²) in [4.78, 5) is 0. The van der Waals surface area contributed by atoms with Crippen LogP contribution in [0.25, 0.3) is 0 Å². The van der Waals surface area contributed by atoms with Gasteiger partial charge in [0.05, 0.1) is 24.4 Å². The molecule has 0 radical (unpaired) electrons. The molecule has 4 N–H and O–H groups in total. The van der Waals surface area contributed by atoms with Gasteiger partial charge in [-0.25, -0.2) is 0 Å². The van der Waals surface area contributed by atoms with Gasteiger partial charge in [0.25, 0.3) is 0 Å². The number of rotatable bonds is 5. The standard InChI is InChI=1S/C23H27NO5/c24-11-17-8-7-16(23-22(28)21(27)20(26)19(12-25)29-23)10-18(17)9-13-1-3-14(4-2-13)15-5-6-15/h1-4,8,10,15-16,19-23,25-28H,5-7,9,12H2/t16?,19-,20-,21+,22-,23+/m1/s1. The van der Waals surface area contributed by atoms with Gasteiger partial charge >= 0.3 is 0 Å². The molecule has 29 heavy (non-hydrogen) atoms. The molecule has 2 aliphatic carbocycles. The molecular formula is C23H27NO5. The molecule has 3 aliphatic rings. The summed E-state index contributed by atoms with van der Waals surface area (Å²) in [5.41, 5.74) is 3.94. The van der Waals surface area contributed by atoms with Gasteiger partial charge in [0.2, 0.25) is 0 Å². The monoisotopic (exact) mass is 397 g/mol. The first-order chi connectivity index (χ1) is 14.0. The minimum atomic E-state index is -1.39. The highest BCUT2D eigenvalue weighted by molar-refractivity contribution is 5.47. The van der Waals surface area contributed by atoms with E-state index in [0.29, 0.717) is 24.3 Å². The lowest BCUT2D eigenvalue weighted by Crippen LogP contribution is -2.60. The van der Waals surface area contributed by atoms with Gasteiger partial charge in [-0.3, -0.25) is 0 Å². The fourth-order valence-electron chi connectivity index (χ4n) is 4.33. The van der Waals surface area contributed by atoms with Crippen molar-refractivity contribution in [1.29, 1.82) is 5.26 Å². The second kappa shape index (κ2) is 8.39. The first kappa shape index (κ1) is 20.3. The van der Waals surface area contributed by atoms with Gasteiger partial charge in [-0.15, -0.1) is 0 Å². The largest absolute Gasteiger partial charge is 0.394 e. The average molecular weight is 397 g/mol. The Labute approximate surface area is 170 Å². The number of nitriles is 1. The maximum absolute atomic E-state index is 10.4. The van der Waals surface area contributed by atoms with Crippen LogP contribution < -0.4 is 0 Å². The van der Waals surface area contributed by atoms with Crippen LogP contribution >= 0.6 is 0 Å². The van der Waals surface area contributed by atoms with Crippen LogP contribution in [0.15, 0.2) is 47.6 Å². The van der Waals surface area contributed by atoms with Crippen LogP contribution in [0, 0.1) is 17.2 Å². The second-order valence-electron chi connectivity index (χ2n) is 8.31. The van der Waals surface area contributed by atoms with Crippen molar-refractivity contribution in [2.24, 2.45) is 5.92 Å². The van der Waals surface area contributed by atoms with Crippen LogP contribution in [0.5, 0.6) is 0 Å². The number of ether oxygens (including phenoxy) is 1. The van der Waals surface area contributed by atoms with Gasteiger partial charge in [-0.05, 0) is 48.3 Å². The molecule has 6 atom stereocenters. The molecule has 154 valence electrons. The van der Waals surface area contributed by atoms with Crippen molar-refractivity contribution in [3.63, 3.8) is 0 Å². The van der Waals surface area contributed by atoms with Crippen LogP contribution in [0.1, 0.15) is 36.3 Å². The minimum Gasteiger partial charge on any atom is -0.394 e. The van der Waals surface area contributed by atoms with E-state index in [1.807, 2.05) is 12.2 Å². The van der Waals surface area contributed by atoms with Crippen molar-refractivity contribution in [3.05, 3.63) is 58.7 Å². The quantitative estimate of drug-likeness (QED) is 0.596. The van der Waals surface area contributed by atoms with E-state index in [2.05, 4.69) is 30.3 Å². The maximum atomic E-state index is 10.4. The molecular weight excluding hydrogens is 370 g/mol. The van der Waals surface area contributed by atoms with Crippen LogP contribution in [0.3, 0.4) is 0 Å². The highest BCUT2D eigenvalue weighted by Gasteiger charge is 2.46. The smallest absolute Gasteiger partial charge is 0.111 e. The lowest BCUT2D eigenvalue weighted by Gasteiger charge is -2.43.